The molecule has 4 aromatic rings. The number of hydrogen-bond donors (Lipinski definition) is 2. The van der Waals surface area contributed by atoms with Gasteiger partial charge in [0, 0.05) is 55.0 Å². The highest BCUT2D eigenvalue weighted by Crippen LogP contribution is 2.24. The number of benzene rings is 2. The summed E-state index contributed by atoms with van der Waals surface area (Å²) in [5.41, 5.74) is 5.63. The van der Waals surface area contributed by atoms with E-state index in [0.717, 1.165) is 68.6 Å². The Labute approximate surface area is 194 Å². The second kappa shape index (κ2) is 9.99. The third-order valence-corrected chi connectivity index (χ3v) is 6.67. The van der Waals surface area contributed by atoms with Crippen LogP contribution in [0.5, 0.6) is 0 Å². The Bertz CT molecular complexity index is 1210. The van der Waals surface area contributed by atoms with Gasteiger partial charge in [-0.05, 0) is 67.1 Å². The third kappa shape index (κ3) is 4.98. The number of H-pyrrole nitrogens is 1. The molecule has 0 bridgehead atoms. The molecule has 168 valence electrons. The summed E-state index contributed by atoms with van der Waals surface area (Å²) in [7, 11) is 0. The van der Waals surface area contributed by atoms with Crippen LogP contribution in [-0.4, -0.2) is 56.9 Å². The van der Waals surface area contributed by atoms with E-state index < -0.39 is 0 Å². The van der Waals surface area contributed by atoms with Gasteiger partial charge in [0.15, 0.2) is 0 Å². The zero-order chi connectivity index (χ0) is 22.5. The van der Waals surface area contributed by atoms with Crippen molar-refractivity contribution in [3.05, 3.63) is 78.0 Å². The van der Waals surface area contributed by atoms with Gasteiger partial charge in [-0.1, -0.05) is 12.1 Å². The Hall–Kier alpha value is -3.47. The minimum Gasteiger partial charge on any atom is -0.361 e. The molecule has 0 spiro atoms. The van der Waals surface area contributed by atoms with Crippen molar-refractivity contribution >= 4 is 10.9 Å². The summed E-state index contributed by atoms with van der Waals surface area (Å²) in [6.45, 7) is 4.29. The maximum atomic E-state index is 9.09. The van der Waals surface area contributed by atoms with E-state index in [1.165, 1.54) is 16.5 Å². The molecule has 0 radical (unpaired) electrons. The second-order valence-electron chi connectivity index (χ2n) is 8.76. The van der Waals surface area contributed by atoms with Crippen LogP contribution in [0.25, 0.3) is 16.6 Å². The molecule has 1 unspecified atom stereocenters. The van der Waals surface area contributed by atoms with E-state index in [-0.39, 0.29) is 0 Å². The van der Waals surface area contributed by atoms with Crippen LogP contribution in [0.4, 0.5) is 0 Å². The number of hydrogen-bond acceptors (Lipinski definition) is 5. The van der Waals surface area contributed by atoms with Crippen molar-refractivity contribution in [2.24, 2.45) is 0 Å². The molecule has 0 saturated carbocycles. The smallest absolute Gasteiger partial charge is 0.123 e. The molecule has 5 rings (SSSR count). The third-order valence-electron chi connectivity index (χ3n) is 6.67. The molecule has 2 aromatic carbocycles. The summed E-state index contributed by atoms with van der Waals surface area (Å²) in [6, 6.07) is 17.3. The lowest BCUT2D eigenvalue weighted by molar-refractivity contribution is 0.162. The van der Waals surface area contributed by atoms with Crippen molar-refractivity contribution in [3.63, 3.8) is 0 Å². The van der Waals surface area contributed by atoms with Crippen LogP contribution in [0.3, 0.4) is 0 Å². The molecule has 2 N–H and O–H groups in total. The number of aryl methyl sites for hydroxylation is 1. The van der Waals surface area contributed by atoms with Crippen molar-refractivity contribution in [1.82, 2.24) is 30.0 Å². The lowest BCUT2D eigenvalue weighted by atomic mass is 9.96. The van der Waals surface area contributed by atoms with Crippen LogP contribution in [0.15, 0.2) is 61.3 Å². The minimum absolute atomic E-state index is 0.512. The predicted molar refractivity (Wildman–Crippen MR) is 129 cm³/mol. The molecule has 3 heterocycles. The predicted octanol–water partition coefficient (Wildman–Crippen LogP) is 3.46. The number of aromatic nitrogens is 4. The van der Waals surface area contributed by atoms with Crippen molar-refractivity contribution in [2.45, 2.75) is 31.7 Å². The van der Waals surface area contributed by atoms with E-state index in [1.807, 2.05) is 16.7 Å². The molecule has 0 aliphatic carbocycles. The van der Waals surface area contributed by atoms with E-state index in [4.69, 9.17) is 5.26 Å². The van der Waals surface area contributed by atoms with Crippen molar-refractivity contribution in [2.75, 3.05) is 26.2 Å². The molecule has 0 amide bonds. The Morgan fingerprint density at radius 1 is 1.03 bits per heavy atom. The molecule has 2 aromatic heterocycles. The molecule has 1 fully saturated rings. The van der Waals surface area contributed by atoms with Gasteiger partial charge in [0.1, 0.15) is 12.7 Å². The lowest BCUT2D eigenvalue weighted by Crippen LogP contribution is -2.49. The Morgan fingerprint density at radius 2 is 1.82 bits per heavy atom. The zero-order valence-electron chi connectivity index (χ0n) is 18.7. The standard InChI is InChI=1S/C26H29N7/c27-16-21-6-4-20(5-7-21)14-23(32-12-10-28-11-13-32)3-1-2-22-17-29-26-9-8-24(15-25(22)26)33-18-30-31-19-33/h4-9,15,17-19,23,28-29H,1-3,10-14H2. The first kappa shape index (κ1) is 21.4. The molecule has 7 nitrogen and oxygen atoms in total. The fraction of sp³-hybridized carbons (Fsp3) is 0.346. The number of aromatic amines is 1. The van der Waals surface area contributed by atoms with Crippen LogP contribution in [0, 0.1) is 11.3 Å². The van der Waals surface area contributed by atoms with Crippen molar-refractivity contribution in [3.8, 4) is 11.8 Å². The maximum Gasteiger partial charge on any atom is 0.123 e. The molecule has 1 aliphatic heterocycles. The molecule has 1 aliphatic rings. The van der Waals surface area contributed by atoms with Crippen LogP contribution in [0.2, 0.25) is 0 Å². The minimum atomic E-state index is 0.512. The second-order valence-corrected chi connectivity index (χ2v) is 8.76. The zero-order valence-corrected chi connectivity index (χ0v) is 18.7. The topological polar surface area (TPSA) is 85.6 Å². The van der Waals surface area contributed by atoms with E-state index in [9.17, 15) is 0 Å². The normalized spacial score (nSPS) is 15.5. The first-order chi connectivity index (χ1) is 16.3. The van der Waals surface area contributed by atoms with Gasteiger partial charge in [0.25, 0.3) is 0 Å². The van der Waals surface area contributed by atoms with Gasteiger partial charge in [-0.25, -0.2) is 0 Å². The van der Waals surface area contributed by atoms with Crippen LogP contribution >= 0.6 is 0 Å². The van der Waals surface area contributed by atoms with Gasteiger partial charge in [-0.3, -0.25) is 9.47 Å². The number of fused-ring (bicyclic) bond motifs is 1. The first-order valence-electron chi connectivity index (χ1n) is 11.7. The number of rotatable bonds is 8. The number of nitrogens with zero attached hydrogens (tertiary/aromatic N) is 5. The van der Waals surface area contributed by atoms with Gasteiger partial charge in [0.05, 0.1) is 11.6 Å². The molecule has 7 heteroatoms. The van der Waals surface area contributed by atoms with Crippen LogP contribution < -0.4 is 5.32 Å². The van der Waals surface area contributed by atoms with Gasteiger partial charge >= 0.3 is 0 Å². The largest absolute Gasteiger partial charge is 0.361 e. The summed E-state index contributed by atoms with van der Waals surface area (Å²) in [5, 5.41) is 21.7. The quantitative estimate of drug-likeness (QED) is 0.439. The van der Waals surface area contributed by atoms with E-state index in [0.29, 0.717) is 6.04 Å². The monoisotopic (exact) mass is 439 g/mol. The van der Waals surface area contributed by atoms with E-state index in [2.05, 4.69) is 68.0 Å². The SMILES string of the molecule is N#Cc1ccc(CC(CCCc2c[nH]c3ccc(-n4cnnc4)cc23)N2CCNCC2)cc1. The fourth-order valence-corrected chi connectivity index (χ4v) is 4.84. The Balaban J connectivity index is 1.28. The Morgan fingerprint density at radius 3 is 2.58 bits per heavy atom. The van der Waals surface area contributed by atoms with E-state index in [1.54, 1.807) is 12.7 Å². The highest BCUT2D eigenvalue weighted by atomic mass is 15.2. The Kier molecular flexibility index (Phi) is 6.47. The van der Waals surface area contributed by atoms with Crippen LogP contribution in [0.1, 0.15) is 29.5 Å². The maximum absolute atomic E-state index is 9.09. The summed E-state index contributed by atoms with van der Waals surface area (Å²) in [6.07, 6.45) is 9.97. The molecule has 1 atom stereocenters. The summed E-state index contributed by atoms with van der Waals surface area (Å²) in [4.78, 5) is 6.06. The number of piperazine rings is 1. The summed E-state index contributed by atoms with van der Waals surface area (Å²) in [5.74, 6) is 0. The highest BCUT2D eigenvalue weighted by molar-refractivity contribution is 5.85. The fourth-order valence-electron chi connectivity index (χ4n) is 4.84. The average molecular weight is 440 g/mol. The summed E-state index contributed by atoms with van der Waals surface area (Å²) < 4.78 is 1.94. The molecular weight excluding hydrogens is 410 g/mol. The molecule has 1 saturated heterocycles. The number of nitriles is 1. The van der Waals surface area contributed by atoms with Gasteiger partial charge in [-0.15, -0.1) is 10.2 Å². The van der Waals surface area contributed by atoms with E-state index >= 15 is 0 Å². The number of nitrogens with one attached hydrogen (secondary N) is 2. The average Bonchev–Trinajstić information content (AvgIpc) is 3.55. The van der Waals surface area contributed by atoms with Crippen molar-refractivity contribution in [1.29, 1.82) is 5.26 Å². The van der Waals surface area contributed by atoms with Gasteiger partial charge < -0.3 is 10.3 Å². The van der Waals surface area contributed by atoms with Crippen molar-refractivity contribution < 1.29 is 0 Å². The van der Waals surface area contributed by atoms with Gasteiger partial charge in [-0.2, -0.15) is 5.26 Å². The molecular formula is C26H29N7. The molecule has 33 heavy (non-hydrogen) atoms. The highest BCUT2D eigenvalue weighted by Gasteiger charge is 2.21. The van der Waals surface area contributed by atoms with Gasteiger partial charge in [0.2, 0.25) is 0 Å². The van der Waals surface area contributed by atoms with Crippen LogP contribution in [-0.2, 0) is 12.8 Å². The first-order valence-corrected chi connectivity index (χ1v) is 11.7. The lowest BCUT2D eigenvalue weighted by Gasteiger charge is -2.35. The summed E-state index contributed by atoms with van der Waals surface area (Å²) >= 11 is 0.